The molecule has 0 spiro atoms. The number of halogens is 1. The van der Waals surface area contributed by atoms with Gasteiger partial charge in [-0.05, 0) is 6.92 Å². The van der Waals surface area contributed by atoms with Gasteiger partial charge < -0.3 is 0 Å². The first-order chi connectivity index (χ1) is 5.72. The highest BCUT2D eigenvalue weighted by molar-refractivity contribution is 7.20. The van der Waals surface area contributed by atoms with Crippen molar-refractivity contribution in [2.45, 2.75) is 6.92 Å². The molecule has 5 heteroatoms. The van der Waals surface area contributed by atoms with Gasteiger partial charge in [-0.25, -0.2) is 4.98 Å². The van der Waals surface area contributed by atoms with E-state index in [1.54, 1.807) is 17.5 Å². The van der Waals surface area contributed by atoms with Crippen molar-refractivity contribution in [2.24, 2.45) is 0 Å². The number of carbonyl (C=O) groups is 1. The predicted molar refractivity (Wildman–Crippen MR) is 48.2 cm³/mol. The Labute approximate surface area is 77.6 Å². The molecule has 0 saturated carbocycles. The number of fused-ring (bicyclic) bond motifs is 1. The third-order valence-corrected chi connectivity index (χ3v) is 2.73. The summed E-state index contributed by atoms with van der Waals surface area (Å²) < 4.78 is 2.34. The summed E-state index contributed by atoms with van der Waals surface area (Å²) in [6, 6.07) is 0. The monoisotopic (exact) mass is 200 g/mol. The highest BCUT2D eigenvalue weighted by Gasteiger charge is 2.09. The van der Waals surface area contributed by atoms with Gasteiger partial charge >= 0.3 is 0 Å². The average molecular weight is 201 g/mol. The maximum atomic E-state index is 10.6. The van der Waals surface area contributed by atoms with Gasteiger partial charge in [0.25, 0.3) is 0 Å². The normalized spacial score (nSPS) is 10.8. The topological polar surface area (TPSA) is 34.4 Å². The molecule has 0 saturated heterocycles. The summed E-state index contributed by atoms with van der Waals surface area (Å²) in [6.07, 6.45) is 2.49. The fourth-order valence-corrected chi connectivity index (χ4v) is 2.15. The quantitative estimate of drug-likeness (QED) is 0.662. The number of imidazole rings is 1. The van der Waals surface area contributed by atoms with E-state index in [1.807, 2.05) is 0 Å². The van der Waals surface area contributed by atoms with E-state index in [1.165, 1.54) is 11.3 Å². The van der Waals surface area contributed by atoms with Crippen LogP contribution in [0.15, 0.2) is 6.20 Å². The van der Waals surface area contributed by atoms with Crippen LogP contribution in [-0.2, 0) is 0 Å². The average Bonchev–Trinajstić information content (AvgIpc) is 2.43. The van der Waals surface area contributed by atoms with Crippen molar-refractivity contribution in [1.29, 1.82) is 0 Å². The van der Waals surface area contributed by atoms with Crippen molar-refractivity contribution in [3.8, 4) is 0 Å². The van der Waals surface area contributed by atoms with Crippen LogP contribution in [0.5, 0.6) is 0 Å². The standard InChI is InChI=1S/C7H5ClN2OS/c1-4-5(3-11)10-2-6(8)12-7(10)9-4/h2-3H,1H3. The highest BCUT2D eigenvalue weighted by atomic mass is 35.5. The lowest BCUT2D eigenvalue weighted by Gasteiger charge is -1.85. The fraction of sp³-hybridized carbons (Fsp3) is 0.143. The minimum Gasteiger partial charge on any atom is -0.296 e. The molecule has 0 aromatic carbocycles. The molecule has 2 aromatic heterocycles. The zero-order chi connectivity index (χ0) is 8.72. The molecule has 2 heterocycles. The van der Waals surface area contributed by atoms with Crippen molar-refractivity contribution in [1.82, 2.24) is 9.38 Å². The van der Waals surface area contributed by atoms with E-state index in [4.69, 9.17) is 11.6 Å². The molecule has 0 aliphatic carbocycles. The van der Waals surface area contributed by atoms with Crippen LogP contribution in [0.25, 0.3) is 4.96 Å². The van der Waals surface area contributed by atoms with Crippen LogP contribution < -0.4 is 0 Å². The molecule has 2 rings (SSSR count). The Kier molecular flexibility index (Phi) is 1.66. The summed E-state index contributed by atoms with van der Waals surface area (Å²) in [4.78, 5) is 15.5. The van der Waals surface area contributed by atoms with Gasteiger partial charge in [-0.1, -0.05) is 22.9 Å². The van der Waals surface area contributed by atoms with Crippen molar-refractivity contribution >= 4 is 34.2 Å². The Hall–Kier alpha value is -0.870. The molecule has 3 nitrogen and oxygen atoms in total. The van der Waals surface area contributed by atoms with Crippen LogP contribution in [0.2, 0.25) is 4.34 Å². The minimum absolute atomic E-state index is 0.577. The van der Waals surface area contributed by atoms with Gasteiger partial charge in [-0.3, -0.25) is 9.20 Å². The lowest BCUT2D eigenvalue weighted by Crippen LogP contribution is -1.87. The van der Waals surface area contributed by atoms with E-state index in [2.05, 4.69) is 4.98 Å². The molecular weight excluding hydrogens is 196 g/mol. The van der Waals surface area contributed by atoms with Crippen LogP contribution in [-0.4, -0.2) is 15.7 Å². The van der Waals surface area contributed by atoms with Gasteiger partial charge in [-0.2, -0.15) is 0 Å². The van der Waals surface area contributed by atoms with Crippen molar-refractivity contribution in [2.75, 3.05) is 0 Å². The van der Waals surface area contributed by atoms with Gasteiger partial charge in [0, 0.05) is 6.20 Å². The van der Waals surface area contributed by atoms with Gasteiger partial charge in [0.2, 0.25) is 0 Å². The molecule has 0 fully saturated rings. The Balaban J connectivity index is 2.86. The van der Waals surface area contributed by atoms with Gasteiger partial charge in [0.05, 0.1) is 5.69 Å². The number of hydrogen-bond acceptors (Lipinski definition) is 3. The second-order valence-corrected chi connectivity index (χ2v) is 4.03. The molecule has 0 bridgehead atoms. The number of carbonyl (C=O) groups excluding carboxylic acids is 1. The van der Waals surface area contributed by atoms with E-state index in [9.17, 15) is 4.79 Å². The van der Waals surface area contributed by atoms with Crippen molar-refractivity contribution in [3.63, 3.8) is 0 Å². The number of hydrogen-bond donors (Lipinski definition) is 0. The molecule has 0 aliphatic heterocycles. The second kappa shape index (κ2) is 2.57. The number of rotatable bonds is 1. The molecule has 0 aliphatic rings. The maximum Gasteiger partial charge on any atom is 0.195 e. The van der Waals surface area contributed by atoms with Crippen LogP contribution in [0, 0.1) is 6.92 Å². The maximum absolute atomic E-state index is 10.6. The number of aldehydes is 1. The number of nitrogens with zero attached hydrogens (tertiary/aromatic N) is 2. The summed E-state index contributed by atoms with van der Waals surface area (Å²) in [5.74, 6) is 0. The summed E-state index contributed by atoms with van der Waals surface area (Å²) in [6.45, 7) is 1.80. The van der Waals surface area contributed by atoms with Gasteiger partial charge in [-0.15, -0.1) is 0 Å². The van der Waals surface area contributed by atoms with Gasteiger partial charge in [0.1, 0.15) is 10.0 Å². The second-order valence-electron chi connectivity index (χ2n) is 2.39. The van der Waals surface area contributed by atoms with Gasteiger partial charge in [0.15, 0.2) is 11.2 Å². The van der Waals surface area contributed by atoms with Crippen LogP contribution in [0.4, 0.5) is 0 Å². The summed E-state index contributed by atoms with van der Waals surface area (Å²) in [5.41, 5.74) is 1.32. The number of aryl methyl sites for hydroxylation is 1. The Morgan fingerprint density at radius 2 is 2.50 bits per heavy atom. The Morgan fingerprint density at radius 3 is 3.17 bits per heavy atom. The first-order valence-electron chi connectivity index (χ1n) is 3.31. The molecule has 12 heavy (non-hydrogen) atoms. The molecule has 0 unspecified atom stereocenters. The lowest BCUT2D eigenvalue weighted by molar-refractivity contribution is 0.111. The summed E-state index contributed by atoms with van der Waals surface area (Å²) in [7, 11) is 0. The highest BCUT2D eigenvalue weighted by Crippen LogP contribution is 2.23. The largest absolute Gasteiger partial charge is 0.296 e. The van der Waals surface area contributed by atoms with Crippen LogP contribution >= 0.6 is 22.9 Å². The molecule has 0 atom stereocenters. The first-order valence-corrected chi connectivity index (χ1v) is 4.51. The van der Waals surface area contributed by atoms with E-state index < -0.39 is 0 Å². The SMILES string of the molecule is Cc1nc2sc(Cl)cn2c1C=O. The predicted octanol–water partition coefficient (Wildman–Crippen LogP) is 2.17. The van der Waals surface area contributed by atoms with E-state index in [-0.39, 0.29) is 0 Å². The smallest absolute Gasteiger partial charge is 0.195 e. The zero-order valence-corrected chi connectivity index (χ0v) is 7.82. The first kappa shape index (κ1) is 7.76. The van der Waals surface area contributed by atoms with Crippen LogP contribution in [0.3, 0.4) is 0 Å². The molecule has 0 amide bonds. The van der Waals surface area contributed by atoms with E-state index >= 15 is 0 Å². The third-order valence-electron chi connectivity index (χ3n) is 1.63. The summed E-state index contributed by atoms with van der Waals surface area (Å²) in [5, 5.41) is 0. The Morgan fingerprint density at radius 1 is 1.75 bits per heavy atom. The van der Waals surface area contributed by atoms with Crippen LogP contribution in [0.1, 0.15) is 16.2 Å². The number of aromatic nitrogens is 2. The third kappa shape index (κ3) is 0.956. The zero-order valence-electron chi connectivity index (χ0n) is 6.24. The fourth-order valence-electron chi connectivity index (χ4n) is 1.09. The minimum atomic E-state index is 0.577. The Bertz CT molecular complexity index is 445. The lowest BCUT2D eigenvalue weighted by atomic mass is 10.4. The summed E-state index contributed by atoms with van der Waals surface area (Å²) >= 11 is 7.11. The molecular formula is C7H5ClN2OS. The van der Waals surface area contributed by atoms with Crippen molar-refractivity contribution in [3.05, 3.63) is 21.9 Å². The van der Waals surface area contributed by atoms with E-state index in [0.29, 0.717) is 10.0 Å². The molecule has 2 aromatic rings. The molecule has 0 radical (unpaired) electrons. The van der Waals surface area contributed by atoms with E-state index in [0.717, 1.165) is 16.9 Å². The molecule has 0 N–H and O–H groups in total. The molecule has 62 valence electrons. The number of thiazole rings is 1. The van der Waals surface area contributed by atoms with Crippen molar-refractivity contribution < 1.29 is 4.79 Å².